The van der Waals surface area contributed by atoms with Gasteiger partial charge in [-0.05, 0) is 38.4 Å². The minimum absolute atomic E-state index is 0.0686. The van der Waals surface area contributed by atoms with Gasteiger partial charge < -0.3 is 10.6 Å². The summed E-state index contributed by atoms with van der Waals surface area (Å²) < 4.78 is 1.79. The predicted molar refractivity (Wildman–Crippen MR) is 107 cm³/mol. The molecule has 1 amide bonds. The number of rotatable bonds is 4. The van der Waals surface area contributed by atoms with Gasteiger partial charge in [-0.25, -0.2) is 4.68 Å². The molecule has 0 spiro atoms. The summed E-state index contributed by atoms with van der Waals surface area (Å²) in [4.78, 5) is 13.0. The zero-order chi connectivity index (χ0) is 18.6. The van der Waals surface area contributed by atoms with E-state index in [-0.39, 0.29) is 11.9 Å². The highest BCUT2D eigenvalue weighted by atomic mass is 16.1. The monoisotopic (exact) mass is 360 g/mol. The van der Waals surface area contributed by atoms with Crippen LogP contribution in [0.1, 0.15) is 28.8 Å². The molecular weight excluding hydrogens is 336 g/mol. The maximum Gasteiger partial charge on any atom is 0.255 e. The molecule has 1 aliphatic rings. The molecule has 2 heterocycles. The summed E-state index contributed by atoms with van der Waals surface area (Å²) in [6, 6.07) is 18.2. The summed E-state index contributed by atoms with van der Waals surface area (Å²) in [7, 11) is 0. The molecule has 4 rings (SSSR count). The third-order valence-electron chi connectivity index (χ3n) is 4.94. The summed E-state index contributed by atoms with van der Waals surface area (Å²) >= 11 is 0. The molecule has 0 radical (unpaired) electrons. The highest BCUT2D eigenvalue weighted by Gasteiger charge is 2.22. The second kappa shape index (κ2) is 7.76. The Hall–Kier alpha value is -2.92. The molecule has 2 aromatic carbocycles. The van der Waals surface area contributed by atoms with Gasteiger partial charge in [0.15, 0.2) is 0 Å². The lowest BCUT2D eigenvalue weighted by molar-refractivity contribution is 0.0931. The van der Waals surface area contributed by atoms with Crippen LogP contribution in [-0.4, -0.2) is 34.8 Å². The Morgan fingerprint density at radius 3 is 2.63 bits per heavy atom. The van der Waals surface area contributed by atoms with Crippen molar-refractivity contribution in [3.8, 4) is 16.9 Å². The number of aromatic nitrogens is 2. The summed E-state index contributed by atoms with van der Waals surface area (Å²) in [5, 5.41) is 11.2. The number of benzene rings is 2. The minimum Gasteiger partial charge on any atom is -0.348 e. The summed E-state index contributed by atoms with van der Waals surface area (Å²) in [5.74, 6) is -0.0686. The number of carbonyl (C=O) groups excluding carboxylic acids is 1. The van der Waals surface area contributed by atoms with Crippen LogP contribution in [0.15, 0.2) is 60.8 Å². The molecule has 1 aliphatic heterocycles. The Morgan fingerprint density at radius 1 is 1.15 bits per heavy atom. The molecule has 1 saturated heterocycles. The number of carbonyl (C=O) groups is 1. The van der Waals surface area contributed by atoms with E-state index < -0.39 is 0 Å². The molecule has 138 valence electrons. The fourth-order valence-corrected chi connectivity index (χ4v) is 3.42. The second-order valence-corrected chi connectivity index (χ2v) is 7.05. The molecule has 0 bridgehead atoms. The second-order valence-electron chi connectivity index (χ2n) is 7.05. The van der Waals surface area contributed by atoms with Crippen molar-refractivity contribution in [2.24, 2.45) is 0 Å². The minimum atomic E-state index is -0.0686. The van der Waals surface area contributed by atoms with Gasteiger partial charge in [-0.2, -0.15) is 5.10 Å². The van der Waals surface area contributed by atoms with Gasteiger partial charge in [-0.3, -0.25) is 4.79 Å². The highest BCUT2D eigenvalue weighted by molar-refractivity contribution is 6.00. The first kappa shape index (κ1) is 17.5. The van der Waals surface area contributed by atoms with E-state index >= 15 is 0 Å². The van der Waals surface area contributed by atoms with Crippen LogP contribution in [-0.2, 0) is 0 Å². The predicted octanol–water partition coefficient (Wildman–Crippen LogP) is 3.33. The van der Waals surface area contributed by atoms with Crippen molar-refractivity contribution < 1.29 is 4.79 Å². The molecule has 1 fully saturated rings. The van der Waals surface area contributed by atoms with Gasteiger partial charge in [0.25, 0.3) is 5.91 Å². The maximum atomic E-state index is 13.0. The molecule has 3 aromatic rings. The first-order valence-electron chi connectivity index (χ1n) is 9.44. The van der Waals surface area contributed by atoms with Gasteiger partial charge in [-0.15, -0.1) is 0 Å². The van der Waals surface area contributed by atoms with Crippen LogP contribution in [0.3, 0.4) is 0 Å². The molecule has 0 saturated carbocycles. The number of piperidine rings is 1. The van der Waals surface area contributed by atoms with Crippen molar-refractivity contribution in [3.05, 3.63) is 71.9 Å². The molecule has 0 aliphatic carbocycles. The first-order valence-corrected chi connectivity index (χ1v) is 9.44. The van der Waals surface area contributed by atoms with Gasteiger partial charge in [0.1, 0.15) is 5.69 Å². The number of amides is 1. The highest BCUT2D eigenvalue weighted by Crippen LogP contribution is 2.24. The normalized spacial score (nSPS) is 16.9. The van der Waals surface area contributed by atoms with Crippen LogP contribution in [0.25, 0.3) is 16.9 Å². The summed E-state index contributed by atoms with van der Waals surface area (Å²) in [6.07, 6.45) is 3.92. The van der Waals surface area contributed by atoms with E-state index in [1.165, 1.54) is 5.56 Å². The molecule has 5 nitrogen and oxygen atoms in total. The summed E-state index contributed by atoms with van der Waals surface area (Å²) in [5.41, 5.74) is 4.38. The van der Waals surface area contributed by atoms with E-state index in [0.29, 0.717) is 11.3 Å². The lowest BCUT2D eigenvalue weighted by atomic mass is 10.1. The van der Waals surface area contributed by atoms with Crippen LogP contribution < -0.4 is 10.6 Å². The summed E-state index contributed by atoms with van der Waals surface area (Å²) in [6.45, 7) is 3.89. The third-order valence-corrected chi connectivity index (χ3v) is 4.94. The molecule has 27 heavy (non-hydrogen) atoms. The smallest absolute Gasteiger partial charge is 0.255 e. The van der Waals surface area contributed by atoms with E-state index in [0.717, 1.165) is 37.2 Å². The van der Waals surface area contributed by atoms with E-state index in [1.807, 2.05) is 60.8 Å². The van der Waals surface area contributed by atoms with E-state index in [2.05, 4.69) is 17.6 Å². The largest absolute Gasteiger partial charge is 0.348 e. The SMILES string of the molecule is Cc1ccc(-n2cc(C(=O)NC3CCCNC3)c(-c3ccccc3)n2)cc1. The fourth-order valence-electron chi connectivity index (χ4n) is 3.42. The van der Waals surface area contributed by atoms with Crippen LogP contribution in [0.5, 0.6) is 0 Å². The van der Waals surface area contributed by atoms with E-state index in [4.69, 9.17) is 5.10 Å². The van der Waals surface area contributed by atoms with Crippen molar-refractivity contribution in [1.82, 2.24) is 20.4 Å². The van der Waals surface area contributed by atoms with Crippen molar-refractivity contribution in [2.75, 3.05) is 13.1 Å². The Labute approximate surface area is 159 Å². The van der Waals surface area contributed by atoms with Crippen LogP contribution >= 0.6 is 0 Å². The number of hydrogen-bond donors (Lipinski definition) is 2. The standard InChI is InChI=1S/C22H24N4O/c1-16-9-11-19(12-10-16)26-15-20(21(25-26)17-6-3-2-4-7-17)22(27)24-18-8-5-13-23-14-18/h2-4,6-7,9-12,15,18,23H,5,8,13-14H2,1H3,(H,24,27). The maximum absolute atomic E-state index is 13.0. The van der Waals surface area contributed by atoms with Crippen LogP contribution in [0, 0.1) is 6.92 Å². The van der Waals surface area contributed by atoms with E-state index in [1.54, 1.807) is 4.68 Å². The lowest BCUT2D eigenvalue weighted by Crippen LogP contribution is -2.45. The third kappa shape index (κ3) is 3.93. The Balaban J connectivity index is 1.69. The lowest BCUT2D eigenvalue weighted by Gasteiger charge is -2.23. The molecule has 5 heteroatoms. The fraction of sp³-hybridized carbons (Fsp3) is 0.273. The Bertz CT molecular complexity index is 909. The van der Waals surface area contributed by atoms with Gasteiger partial charge in [-0.1, -0.05) is 48.0 Å². The van der Waals surface area contributed by atoms with Crippen molar-refractivity contribution in [3.63, 3.8) is 0 Å². The average molecular weight is 360 g/mol. The van der Waals surface area contributed by atoms with Gasteiger partial charge >= 0.3 is 0 Å². The topological polar surface area (TPSA) is 59.0 Å². The molecule has 1 aromatic heterocycles. The zero-order valence-corrected chi connectivity index (χ0v) is 15.5. The number of nitrogens with zero attached hydrogens (tertiary/aromatic N) is 2. The van der Waals surface area contributed by atoms with Crippen molar-refractivity contribution >= 4 is 5.91 Å². The Kier molecular flexibility index (Phi) is 5.03. The van der Waals surface area contributed by atoms with E-state index in [9.17, 15) is 4.79 Å². The molecular formula is C22H24N4O. The zero-order valence-electron chi connectivity index (χ0n) is 15.5. The van der Waals surface area contributed by atoms with Crippen molar-refractivity contribution in [2.45, 2.75) is 25.8 Å². The molecule has 1 atom stereocenters. The first-order chi connectivity index (χ1) is 13.2. The number of aryl methyl sites for hydroxylation is 1. The quantitative estimate of drug-likeness (QED) is 0.750. The van der Waals surface area contributed by atoms with Crippen molar-refractivity contribution in [1.29, 1.82) is 0 Å². The van der Waals surface area contributed by atoms with Crippen LogP contribution in [0.4, 0.5) is 0 Å². The van der Waals surface area contributed by atoms with Gasteiger partial charge in [0.05, 0.1) is 11.3 Å². The Morgan fingerprint density at radius 2 is 1.93 bits per heavy atom. The van der Waals surface area contributed by atoms with Gasteiger partial charge in [0.2, 0.25) is 0 Å². The number of hydrogen-bond acceptors (Lipinski definition) is 3. The molecule has 1 unspecified atom stereocenters. The van der Waals surface area contributed by atoms with Crippen LogP contribution in [0.2, 0.25) is 0 Å². The average Bonchev–Trinajstić information content (AvgIpc) is 3.16. The molecule has 2 N–H and O–H groups in total. The number of nitrogens with one attached hydrogen (secondary N) is 2. The van der Waals surface area contributed by atoms with Gasteiger partial charge in [0, 0.05) is 24.3 Å².